The van der Waals surface area contributed by atoms with Gasteiger partial charge in [-0.1, -0.05) is 25.1 Å². The van der Waals surface area contributed by atoms with Crippen LogP contribution in [0.1, 0.15) is 31.2 Å². The molecular weight excluding hydrogens is 262 g/mol. The highest BCUT2D eigenvalue weighted by atomic mass is 16.1. The summed E-state index contributed by atoms with van der Waals surface area (Å²) < 4.78 is 0. The van der Waals surface area contributed by atoms with Gasteiger partial charge in [0.15, 0.2) is 0 Å². The third kappa shape index (κ3) is 3.05. The normalized spacial score (nSPS) is 24.2. The fraction of sp³-hybridized carbons (Fsp3) is 0.588. The zero-order valence-electron chi connectivity index (χ0n) is 13.0. The number of carbonyl (C=O) groups is 1. The largest absolute Gasteiger partial charge is 0.384 e. The molecule has 2 N–H and O–H groups in total. The Balaban J connectivity index is 1.58. The highest BCUT2D eigenvalue weighted by Crippen LogP contribution is 2.32. The number of likely N-dealkylation sites (tertiary alicyclic amines) is 1. The van der Waals surface area contributed by atoms with Crippen LogP contribution >= 0.6 is 0 Å². The Kier molecular flexibility index (Phi) is 3.89. The molecule has 114 valence electrons. The quantitative estimate of drug-likeness (QED) is 0.894. The van der Waals surface area contributed by atoms with E-state index in [2.05, 4.69) is 35.6 Å². The molecule has 1 unspecified atom stereocenters. The highest BCUT2D eigenvalue weighted by molar-refractivity contribution is 5.88. The molecule has 2 heterocycles. The van der Waals surface area contributed by atoms with Gasteiger partial charge >= 0.3 is 0 Å². The van der Waals surface area contributed by atoms with Gasteiger partial charge in [0, 0.05) is 18.8 Å². The first-order chi connectivity index (χ1) is 10.1. The number of para-hydroxylation sites is 1. The standard InChI is InChI=1S/C17H25N3O/c1-17(7-9-20(2)10-8-17)12-19-16(21)14-11-18-15-6-4-3-5-13(14)15/h3-6,14,18H,7-12H2,1-2H3,(H,19,21). The van der Waals surface area contributed by atoms with Crippen molar-refractivity contribution in [2.45, 2.75) is 25.7 Å². The van der Waals surface area contributed by atoms with Crippen LogP contribution in [0.25, 0.3) is 0 Å². The van der Waals surface area contributed by atoms with Gasteiger partial charge in [-0.2, -0.15) is 0 Å². The first-order valence-electron chi connectivity index (χ1n) is 7.86. The lowest BCUT2D eigenvalue weighted by Crippen LogP contribution is -2.44. The molecule has 1 aromatic rings. The highest BCUT2D eigenvalue weighted by Gasteiger charge is 2.32. The molecule has 0 bridgehead atoms. The number of hydrogen-bond donors (Lipinski definition) is 2. The second-order valence-electron chi connectivity index (χ2n) is 6.85. The van der Waals surface area contributed by atoms with Crippen LogP contribution in [0, 0.1) is 5.41 Å². The number of carbonyl (C=O) groups excluding carboxylic acids is 1. The Labute approximate surface area is 126 Å². The van der Waals surface area contributed by atoms with E-state index in [0.717, 1.165) is 43.7 Å². The topological polar surface area (TPSA) is 44.4 Å². The molecule has 0 aliphatic carbocycles. The molecule has 21 heavy (non-hydrogen) atoms. The van der Waals surface area contributed by atoms with E-state index in [1.54, 1.807) is 0 Å². The second kappa shape index (κ2) is 5.68. The Morgan fingerprint density at radius 2 is 2.10 bits per heavy atom. The van der Waals surface area contributed by atoms with E-state index < -0.39 is 0 Å². The van der Waals surface area contributed by atoms with Crippen LogP contribution < -0.4 is 10.6 Å². The minimum Gasteiger partial charge on any atom is -0.384 e. The van der Waals surface area contributed by atoms with Crippen molar-refractivity contribution in [1.29, 1.82) is 0 Å². The summed E-state index contributed by atoms with van der Waals surface area (Å²) in [4.78, 5) is 14.9. The van der Waals surface area contributed by atoms with E-state index in [-0.39, 0.29) is 17.2 Å². The smallest absolute Gasteiger partial charge is 0.229 e. The zero-order valence-corrected chi connectivity index (χ0v) is 13.0. The van der Waals surface area contributed by atoms with Crippen LogP contribution in [-0.4, -0.2) is 44.0 Å². The van der Waals surface area contributed by atoms with Crippen molar-refractivity contribution in [1.82, 2.24) is 10.2 Å². The Morgan fingerprint density at radius 1 is 1.38 bits per heavy atom. The van der Waals surface area contributed by atoms with Gasteiger partial charge in [0.2, 0.25) is 5.91 Å². The summed E-state index contributed by atoms with van der Waals surface area (Å²) in [6.45, 7) is 6.05. The van der Waals surface area contributed by atoms with Gasteiger partial charge in [0.05, 0.1) is 5.92 Å². The number of fused-ring (bicyclic) bond motifs is 1. The number of anilines is 1. The van der Waals surface area contributed by atoms with Gasteiger partial charge in [0.25, 0.3) is 0 Å². The summed E-state index contributed by atoms with van der Waals surface area (Å²) in [5.74, 6) is 0.115. The molecule has 1 fully saturated rings. The zero-order chi connectivity index (χ0) is 14.9. The fourth-order valence-corrected chi connectivity index (χ4v) is 3.28. The summed E-state index contributed by atoms with van der Waals surface area (Å²) >= 11 is 0. The maximum absolute atomic E-state index is 12.5. The van der Waals surface area contributed by atoms with Crippen LogP contribution in [-0.2, 0) is 4.79 Å². The number of nitrogens with one attached hydrogen (secondary N) is 2. The Bertz CT molecular complexity index is 521. The van der Waals surface area contributed by atoms with Gasteiger partial charge in [-0.3, -0.25) is 4.79 Å². The van der Waals surface area contributed by atoms with E-state index in [9.17, 15) is 4.79 Å². The van der Waals surface area contributed by atoms with Crippen molar-refractivity contribution < 1.29 is 4.79 Å². The number of benzene rings is 1. The lowest BCUT2D eigenvalue weighted by atomic mass is 9.80. The summed E-state index contributed by atoms with van der Waals surface area (Å²) in [5, 5.41) is 6.51. The Hall–Kier alpha value is -1.55. The second-order valence-corrected chi connectivity index (χ2v) is 6.85. The lowest BCUT2D eigenvalue weighted by Gasteiger charge is -2.38. The molecule has 1 aromatic carbocycles. The molecule has 0 radical (unpaired) electrons. The van der Waals surface area contributed by atoms with Crippen LogP contribution in [0.4, 0.5) is 5.69 Å². The molecule has 0 spiro atoms. The summed E-state index contributed by atoms with van der Waals surface area (Å²) in [5.41, 5.74) is 2.47. The predicted octanol–water partition coefficient (Wildman–Crippen LogP) is 2.04. The third-order valence-electron chi connectivity index (χ3n) is 5.03. The predicted molar refractivity (Wildman–Crippen MR) is 85.5 cm³/mol. The fourth-order valence-electron chi connectivity index (χ4n) is 3.28. The average molecular weight is 287 g/mol. The third-order valence-corrected chi connectivity index (χ3v) is 5.03. The molecule has 4 heteroatoms. The van der Waals surface area contributed by atoms with E-state index in [1.165, 1.54) is 0 Å². The van der Waals surface area contributed by atoms with Crippen molar-refractivity contribution >= 4 is 11.6 Å². The van der Waals surface area contributed by atoms with Crippen LogP contribution in [0.5, 0.6) is 0 Å². The average Bonchev–Trinajstić information content (AvgIpc) is 2.92. The molecule has 2 aliphatic rings. The number of nitrogens with zero attached hydrogens (tertiary/aromatic N) is 1. The van der Waals surface area contributed by atoms with Gasteiger partial charge < -0.3 is 15.5 Å². The van der Waals surface area contributed by atoms with Gasteiger partial charge in [-0.25, -0.2) is 0 Å². The maximum Gasteiger partial charge on any atom is 0.229 e. The molecule has 1 amide bonds. The molecule has 1 atom stereocenters. The summed E-state index contributed by atoms with van der Waals surface area (Å²) in [7, 11) is 2.17. The van der Waals surface area contributed by atoms with Gasteiger partial charge in [-0.05, 0) is 50.0 Å². The van der Waals surface area contributed by atoms with Gasteiger partial charge in [-0.15, -0.1) is 0 Å². The van der Waals surface area contributed by atoms with Crippen molar-refractivity contribution in [3.63, 3.8) is 0 Å². The summed E-state index contributed by atoms with van der Waals surface area (Å²) in [6.07, 6.45) is 2.31. The van der Waals surface area contributed by atoms with Gasteiger partial charge in [0.1, 0.15) is 0 Å². The van der Waals surface area contributed by atoms with Crippen LogP contribution in [0.2, 0.25) is 0 Å². The van der Waals surface area contributed by atoms with E-state index >= 15 is 0 Å². The molecule has 2 aliphatic heterocycles. The monoisotopic (exact) mass is 287 g/mol. The maximum atomic E-state index is 12.5. The Morgan fingerprint density at radius 3 is 2.86 bits per heavy atom. The molecule has 0 saturated carbocycles. The lowest BCUT2D eigenvalue weighted by molar-refractivity contribution is -0.122. The van der Waals surface area contributed by atoms with Crippen molar-refractivity contribution in [3.8, 4) is 0 Å². The van der Waals surface area contributed by atoms with Crippen LogP contribution in [0.15, 0.2) is 24.3 Å². The van der Waals surface area contributed by atoms with E-state index in [1.807, 2.05) is 18.2 Å². The number of amides is 1. The molecular formula is C17H25N3O. The summed E-state index contributed by atoms with van der Waals surface area (Å²) in [6, 6.07) is 8.10. The number of rotatable bonds is 3. The molecule has 4 nitrogen and oxygen atoms in total. The van der Waals surface area contributed by atoms with Crippen LogP contribution in [0.3, 0.4) is 0 Å². The van der Waals surface area contributed by atoms with Crippen molar-refractivity contribution in [2.75, 3.05) is 38.5 Å². The number of hydrogen-bond acceptors (Lipinski definition) is 3. The number of piperidine rings is 1. The SMILES string of the molecule is CN1CCC(C)(CNC(=O)C2CNc3ccccc32)CC1. The first kappa shape index (κ1) is 14.4. The molecule has 0 aromatic heterocycles. The minimum absolute atomic E-state index is 0.0453. The van der Waals surface area contributed by atoms with Crippen molar-refractivity contribution in [2.24, 2.45) is 5.41 Å². The van der Waals surface area contributed by atoms with E-state index in [0.29, 0.717) is 6.54 Å². The minimum atomic E-state index is -0.0453. The van der Waals surface area contributed by atoms with Crippen molar-refractivity contribution in [3.05, 3.63) is 29.8 Å². The first-order valence-corrected chi connectivity index (χ1v) is 7.86. The van der Waals surface area contributed by atoms with E-state index in [4.69, 9.17) is 0 Å². The molecule has 3 rings (SSSR count). The molecule has 1 saturated heterocycles.